The van der Waals surface area contributed by atoms with Crippen molar-refractivity contribution in [2.45, 2.75) is 51.4 Å². The standard InChI is InChI=1S/C22H27N3O3/c1-27-18-9-7-17(8-10-18)20-13-25-15-24-21(19(25)14-28-20)22(26)23-12-11-16-5-3-2-4-6-16/h5,7-10,15,20H,2-4,6,11-14H2,1H3,(H,23,26)/t20-/m1/s1. The number of imidazole rings is 1. The first-order chi connectivity index (χ1) is 13.7. The Kier molecular flexibility index (Phi) is 5.76. The summed E-state index contributed by atoms with van der Waals surface area (Å²) < 4.78 is 13.3. The van der Waals surface area contributed by atoms with E-state index in [4.69, 9.17) is 9.47 Å². The number of hydrogen-bond donors (Lipinski definition) is 1. The molecule has 2 heterocycles. The highest BCUT2D eigenvalue weighted by Gasteiger charge is 2.26. The van der Waals surface area contributed by atoms with Crippen molar-refractivity contribution in [1.29, 1.82) is 0 Å². The molecular weight excluding hydrogens is 354 g/mol. The van der Waals surface area contributed by atoms with E-state index in [9.17, 15) is 4.79 Å². The van der Waals surface area contributed by atoms with Crippen LogP contribution in [0.3, 0.4) is 0 Å². The van der Waals surface area contributed by atoms with E-state index in [1.54, 1.807) is 13.4 Å². The van der Waals surface area contributed by atoms with E-state index in [0.717, 1.165) is 29.8 Å². The Morgan fingerprint density at radius 1 is 1.32 bits per heavy atom. The van der Waals surface area contributed by atoms with Crippen molar-refractivity contribution in [3.63, 3.8) is 0 Å². The molecule has 1 aromatic carbocycles. The van der Waals surface area contributed by atoms with Crippen molar-refractivity contribution in [3.8, 4) is 5.75 Å². The first kappa shape index (κ1) is 18.7. The summed E-state index contributed by atoms with van der Waals surface area (Å²) in [6.45, 7) is 1.69. The van der Waals surface area contributed by atoms with Gasteiger partial charge in [-0.25, -0.2) is 4.98 Å². The van der Waals surface area contributed by atoms with Gasteiger partial charge >= 0.3 is 0 Å². The maximum absolute atomic E-state index is 12.6. The monoisotopic (exact) mass is 381 g/mol. The number of hydrogen-bond acceptors (Lipinski definition) is 4. The fraction of sp³-hybridized carbons (Fsp3) is 0.455. The van der Waals surface area contributed by atoms with Gasteiger partial charge in [0.05, 0.1) is 32.3 Å². The average molecular weight is 381 g/mol. The van der Waals surface area contributed by atoms with Crippen LogP contribution in [0.4, 0.5) is 0 Å². The number of fused-ring (bicyclic) bond motifs is 1. The molecule has 1 atom stereocenters. The number of carbonyl (C=O) groups excluding carboxylic acids is 1. The van der Waals surface area contributed by atoms with Gasteiger partial charge in [0.15, 0.2) is 5.69 Å². The van der Waals surface area contributed by atoms with E-state index in [0.29, 0.717) is 25.4 Å². The molecule has 148 valence electrons. The lowest BCUT2D eigenvalue weighted by atomic mass is 9.97. The van der Waals surface area contributed by atoms with Crippen molar-refractivity contribution in [3.05, 3.63) is 59.2 Å². The molecule has 6 nitrogen and oxygen atoms in total. The van der Waals surface area contributed by atoms with E-state index >= 15 is 0 Å². The van der Waals surface area contributed by atoms with Gasteiger partial charge in [-0.05, 0) is 49.8 Å². The van der Waals surface area contributed by atoms with Gasteiger partial charge in [-0.2, -0.15) is 0 Å². The van der Waals surface area contributed by atoms with Crippen LogP contribution in [0, 0.1) is 0 Å². The predicted molar refractivity (Wildman–Crippen MR) is 106 cm³/mol. The molecule has 0 saturated carbocycles. The van der Waals surface area contributed by atoms with Gasteiger partial charge in [0.1, 0.15) is 11.9 Å². The van der Waals surface area contributed by atoms with Crippen molar-refractivity contribution >= 4 is 5.91 Å². The van der Waals surface area contributed by atoms with Crippen LogP contribution in [0.1, 0.15) is 60.0 Å². The third kappa shape index (κ3) is 4.12. The quantitative estimate of drug-likeness (QED) is 0.774. The van der Waals surface area contributed by atoms with Crippen molar-refractivity contribution < 1.29 is 14.3 Å². The Labute approximate surface area is 165 Å². The van der Waals surface area contributed by atoms with Gasteiger partial charge in [0.25, 0.3) is 5.91 Å². The van der Waals surface area contributed by atoms with Crippen molar-refractivity contribution in [1.82, 2.24) is 14.9 Å². The molecule has 0 saturated heterocycles. The highest BCUT2D eigenvalue weighted by Crippen LogP contribution is 2.29. The molecule has 28 heavy (non-hydrogen) atoms. The third-order valence-corrected chi connectivity index (χ3v) is 5.55. The fourth-order valence-corrected chi connectivity index (χ4v) is 3.89. The number of allylic oxidation sites excluding steroid dienone is 1. The minimum absolute atomic E-state index is 0.0539. The fourth-order valence-electron chi connectivity index (χ4n) is 3.89. The summed E-state index contributed by atoms with van der Waals surface area (Å²) in [4.78, 5) is 16.9. The van der Waals surface area contributed by atoms with E-state index in [1.165, 1.54) is 24.8 Å². The first-order valence-electron chi connectivity index (χ1n) is 10.0. The summed E-state index contributed by atoms with van der Waals surface area (Å²) in [5.41, 5.74) is 3.88. The van der Waals surface area contributed by atoms with Crippen LogP contribution < -0.4 is 10.1 Å². The van der Waals surface area contributed by atoms with Gasteiger partial charge in [-0.3, -0.25) is 4.79 Å². The van der Waals surface area contributed by atoms with Gasteiger partial charge in [-0.1, -0.05) is 23.8 Å². The Balaban J connectivity index is 1.36. The first-order valence-corrected chi connectivity index (χ1v) is 10.0. The van der Waals surface area contributed by atoms with Gasteiger partial charge in [0.2, 0.25) is 0 Å². The van der Waals surface area contributed by atoms with Gasteiger partial charge < -0.3 is 19.4 Å². The zero-order valence-corrected chi connectivity index (χ0v) is 16.3. The molecule has 1 aliphatic heterocycles. The number of nitrogens with one attached hydrogen (secondary N) is 1. The number of methoxy groups -OCH3 is 1. The molecule has 1 amide bonds. The van der Waals surface area contributed by atoms with Crippen molar-refractivity contribution in [2.75, 3.05) is 13.7 Å². The van der Waals surface area contributed by atoms with E-state index in [2.05, 4.69) is 16.4 Å². The number of benzene rings is 1. The number of rotatable bonds is 6. The molecule has 1 aliphatic carbocycles. The Morgan fingerprint density at radius 2 is 2.18 bits per heavy atom. The summed E-state index contributed by atoms with van der Waals surface area (Å²) >= 11 is 0. The van der Waals surface area contributed by atoms with E-state index < -0.39 is 0 Å². The van der Waals surface area contributed by atoms with Gasteiger partial charge in [-0.15, -0.1) is 0 Å². The number of carbonyl (C=O) groups is 1. The normalized spacial score (nSPS) is 18.9. The second kappa shape index (κ2) is 8.61. The largest absolute Gasteiger partial charge is 0.497 e. The number of amides is 1. The molecule has 1 aromatic heterocycles. The number of ether oxygens (including phenoxy) is 2. The number of nitrogens with zero attached hydrogens (tertiary/aromatic N) is 2. The Bertz CT molecular complexity index is 854. The van der Waals surface area contributed by atoms with Crippen LogP contribution in [0.15, 0.2) is 42.2 Å². The molecule has 2 aliphatic rings. The number of aromatic nitrogens is 2. The lowest BCUT2D eigenvalue weighted by molar-refractivity contribution is 0.00256. The summed E-state index contributed by atoms with van der Waals surface area (Å²) in [6, 6.07) is 7.89. The molecule has 0 fully saturated rings. The molecule has 0 unspecified atom stereocenters. The highest BCUT2D eigenvalue weighted by molar-refractivity contribution is 5.93. The smallest absolute Gasteiger partial charge is 0.271 e. The average Bonchev–Trinajstić information content (AvgIpc) is 3.18. The Morgan fingerprint density at radius 3 is 2.93 bits per heavy atom. The molecule has 2 aromatic rings. The SMILES string of the molecule is COc1ccc([C@H]2Cn3cnc(C(=O)NCCC4=CCCCC4)c3CO2)cc1. The van der Waals surface area contributed by atoms with E-state index in [1.807, 2.05) is 28.8 Å². The molecule has 0 radical (unpaired) electrons. The highest BCUT2D eigenvalue weighted by atomic mass is 16.5. The second-order valence-corrected chi connectivity index (χ2v) is 7.38. The van der Waals surface area contributed by atoms with Gasteiger partial charge in [0, 0.05) is 6.54 Å². The topological polar surface area (TPSA) is 65.4 Å². The van der Waals surface area contributed by atoms with Crippen LogP contribution in [0.5, 0.6) is 5.75 Å². The maximum atomic E-state index is 12.6. The van der Waals surface area contributed by atoms with Crippen molar-refractivity contribution in [2.24, 2.45) is 0 Å². The third-order valence-electron chi connectivity index (χ3n) is 5.55. The summed E-state index contributed by atoms with van der Waals surface area (Å²) in [5, 5.41) is 3.01. The Hall–Kier alpha value is -2.60. The zero-order valence-electron chi connectivity index (χ0n) is 16.3. The minimum Gasteiger partial charge on any atom is -0.497 e. The molecule has 0 spiro atoms. The molecule has 4 rings (SSSR count). The lowest BCUT2D eigenvalue weighted by Crippen LogP contribution is -2.28. The van der Waals surface area contributed by atoms with Crippen LogP contribution in [-0.2, 0) is 17.9 Å². The van der Waals surface area contributed by atoms with E-state index in [-0.39, 0.29) is 12.0 Å². The maximum Gasteiger partial charge on any atom is 0.271 e. The zero-order chi connectivity index (χ0) is 19.3. The molecule has 1 N–H and O–H groups in total. The summed E-state index contributed by atoms with van der Waals surface area (Å²) in [7, 11) is 1.66. The summed E-state index contributed by atoms with van der Waals surface area (Å²) in [5.74, 6) is 0.711. The molecular formula is C22H27N3O3. The molecule has 6 heteroatoms. The minimum atomic E-state index is -0.114. The lowest BCUT2D eigenvalue weighted by Gasteiger charge is -2.25. The molecule has 0 bridgehead atoms. The second-order valence-electron chi connectivity index (χ2n) is 7.38. The summed E-state index contributed by atoms with van der Waals surface area (Å²) in [6.07, 6.45) is 9.82. The van der Waals surface area contributed by atoms with Crippen LogP contribution in [0.2, 0.25) is 0 Å². The van der Waals surface area contributed by atoms with Crippen LogP contribution >= 0.6 is 0 Å². The predicted octanol–water partition coefficient (Wildman–Crippen LogP) is 3.78. The van der Waals surface area contributed by atoms with Crippen LogP contribution in [-0.4, -0.2) is 29.1 Å². The van der Waals surface area contributed by atoms with Crippen LogP contribution in [0.25, 0.3) is 0 Å².